The Morgan fingerprint density at radius 1 is 1.44 bits per heavy atom. The highest BCUT2D eigenvalue weighted by atomic mass is 16.3. The van der Waals surface area contributed by atoms with Gasteiger partial charge in [0, 0.05) is 36.7 Å². The topological polar surface area (TPSA) is 95.3 Å². The van der Waals surface area contributed by atoms with E-state index in [2.05, 4.69) is 4.98 Å². The van der Waals surface area contributed by atoms with Gasteiger partial charge in [-0.15, -0.1) is 0 Å². The Kier molecular flexibility index (Phi) is 3.68. The van der Waals surface area contributed by atoms with Crippen molar-refractivity contribution in [3.05, 3.63) is 33.1 Å². The molecule has 0 bridgehead atoms. The molecule has 1 aromatic heterocycles. The van der Waals surface area contributed by atoms with E-state index in [1.54, 1.807) is 0 Å². The number of hydrogen-bond donors (Lipinski definition) is 3. The maximum atomic E-state index is 11.7. The average Bonchev–Trinajstić information content (AvgIpc) is 2.34. The molecule has 3 N–H and O–H groups in total. The van der Waals surface area contributed by atoms with Crippen LogP contribution in [0.5, 0.6) is 0 Å². The second-order valence-electron chi connectivity index (χ2n) is 4.95. The highest BCUT2D eigenvalue weighted by molar-refractivity contribution is 4.93. The first kappa shape index (κ1) is 13.0. The molecule has 1 aliphatic carbocycles. The maximum Gasteiger partial charge on any atom is 0.328 e. The fraction of sp³-hybridized carbons (Fsp3) is 0.667. The van der Waals surface area contributed by atoms with Crippen LogP contribution in [-0.4, -0.2) is 32.5 Å². The number of nitrogens with zero attached hydrogens (tertiary/aromatic N) is 1. The van der Waals surface area contributed by atoms with Crippen molar-refractivity contribution in [1.82, 2.24) is 9.55 Å². The third-order valence-corrected chi connectivity index (χ3v) is 3.90. The summed E-state index contributed by atoms with van der Waals surface area (Å²) in [5.74, 6) is -0.269. The number of nitrogens with one attached hydrogen (secondary N) is 1. The molecule has 0 radical (unpaired) electrons. The van der Waals surface area contributed by atoms with E-state index < -0.39 is 17.4 Å². The van der Waals surface area contributed by atoms with Crippen LogP contribution in [0.1, 0.15) is 25.8 Å². The molecule has 6 heteroatoms. The van der Waals surface area contributed by atoms with E-state index in [1.165, 1.54) is 16.8 Å². The predicted molar refractivity (Wildman–Crippen MR) is 65.3 cm³/mol. The summed E-state index contributed by atoms with van der Waals surface area (Å²) in [6, 6.07) is 1.16. The number of H-pyrrole nitrogens is 1. The van der Waals surface area contributed by atoms with Crippen LogP contribution in [0.25, 0.3) is 0 Å². The van der Waals surface area contributed by atoms with Gasteiger partial charge in [0.05, 0.1) is 6.10 Å². The highest BCUT2D eigenvalue weighted by Crippen LogP contribution is 2.36. The van der Waals surface area contributed by atoms with Gasteiger partial charge in [0.2, 0.25) is 0 Å². The van der Waals surface area contributed by atoms with Crippen molar-refractivity contribution in [2.45, 2.75) is 31.9 Å². The summed E-state index contributed by atoms with van der Waals surface area (Å²) in [4.78, 5) is 25.0. The molecule has 1 aromatic rings. The Morgan fingerprint density at radius 2 is 2.17 bits per heavy atom. The lowest BCUT2D eigenvalue weighted by Gasteiger charge is -2.38. The standard InChI is InChI=1S/C12H18N2O4/c1-7-9(3-2-8(6-15)11(7)17)14-5-4-10(16)13-12(14)18/h4-5,7-9,11,15,17H,2-3,6H2,1H3,(H,13,16,18). The molecule has 1 fully saturated rings. The smallest absolute Gasteiger partial charge is 0.328 e. The highest BCUT2D eigenvalue weighted by Gasteiger charge is 2.36. The molecule has 2 rings (SSSR count). The van der Waals surface area contributed by atoms with Crippen molar-refractivity contribution in [3.8, 4) is 0 Å². The summed E-state index contributed by atoms with van der Waals surface area (Å²) < 4.78 is 1.46. The minimum Gasteiger partial charge on any atom is -0.396 e. The molecule has 18 heavy (non-hydrogen) atoms. The van der Waals surface area contributed by atoms with Gasteiger partial charge in [-0.05, 0) is 12.8 Å². The van der Waals surface area contributed by atoms with E-state index in [9.17, 15) is 14.7 Å². The Hall–Kier alpha value is -1.40. The number of hydrogen-bond acceptors (Lipinski definition) is 4. The average molecular weight is 254 g/mol. The first-order chi connectivity index (χ1) is 8.54. The lowest BCUT2D eigenvalue weighted by atomic mass is 9.76. The van der Waals surface area contributed by atoms with E-state index in [1.807, 2.05) is 6.92 Å². The summed E-state index contributed by atoms with van der Waals surface area (Å²) >= 11 is 0. The molecule has 1 saturated carbocycles. The minimum absolute atomic E-state index is 0.0429. The second-order valence-corrected chi connectivity index (χ2v) is 4.95. The molecule has 0 amide bonds. The van der Waals surface area contributed by atoms with Crippen molar-refractivity contribution in [2.24, 2.45) is 11.8 Å². The number of aromatic amines is 1. The van der Waals surface area contributed by atoms with Crippen molar-refractivity contribution in [1.29, 1.82) is 0 Å². The van der Waals surface area contributed by atoms with Crippen LogP contribution in [-0.2, 0) is 0 Å². The molecule has 0 aromatic carbocycles. The van der Waals surface area contributed by atoms with E-state index in [0.717, 1.165) is 0 Å². The summed E-state index contributed by atoms with van der Waals surface area (Å²) in [6.07, 6.45) is 2.20. The van der Waals surface area contributed by atoms with Crippen molar-refractivity contribution >= 4 is 0 Å². The molecule has 0 spiro atoms. The molecule has 100 valence electrons. The van der Waals surface area contributed by atoms with Crippen molar-refractivity contribution in [2.75, 3.05) is 6.61 Å². The van der Waals surface area contributed by atoms with Crippen LogP contribution in [0.2, 0.25) is 0 Å². The van der Waals surface area contributed by atoms with Crippen LogP contribution < -0.4 is 11.2 Å². The van der Waals surface area contributed by atoms with Crippen LogP contribution in [0.3, 0.4) is 0 Å². The Morgan fingerprint density at radius 3 is 2.78 bits per heavy atom. The van der Waals surface area contributed by atoms with E-state index in [-0.39, 0.29) is 24.5 Å². The molecule has 1 heterocycles. The fourth-order valence-electron chi connectivity index (χ4n) is 2.76. The van der Waals surface area contributed by atoms with E-state index in [4.69, 9.17) is 5.11 Å². The van der Waals surface area contributed by atoms with Crippen molar-refractivity contribution < 1.29 is 10.2 Å². The zero-order chi connectivity index (χ0) is 13.3. The quantitative estimate of drug-likeness (QED) is 0.661. The van der Waals surface area contributed by atoms with Gasteiger partial charge in [-0.2, -0.15) is 0 Å². The van der Waals surface area contributed by atoms with Crippen LogP contribution in [0.4, 0.5) is 0 Å². The zero-order valence-electron chi connectivity index (χ0n) is 10.2. The van der Waals surface area contributed by atoms with Crippen LogP contribution in [0.15, 0.2) is 21.9 Å². The SMILES string of the molecule is CC1C(O)C(CO)CCC1n1ccc(=O)[nH]c1=O. The molecule has 0 saturated heterocycles. The Labute approximate surface area is 104 Å². The predicted octanol–water partition coefficient (Wildman–Crippen LogP) is -0.523. The number of aliphatic hydroxyl groups is 2. The largest absolute Gasteiger partial charge is 0.396 e. The van der Waals surface area contributed by atoms with Gasteiger partial charge in [-0.3, -0.25) is 14.3 Å². The minimum atomic E-state index is -0.632. The van der Waals surface area contributed by atoms with E-state index in [0.29, 0.717) is 12.8 Å². The summed E-state index contributed by atoms with van der Waals surface area (Å²) in [7, 11) is 0. The molecular weight excluding hydrogens is 236 g/mol. The molecular formula is C12H18N2O4. The Balaban J connectivity index is 2.29. The van der Waals surface area contributed by atoms with E-state index >= 15 is 0 Å². The fourth-order valence-corrected chi connectivity index (χ4v) is 2.76. The third kappa shape index (κ3) is 2.26. The van der Waals surface area contributed by atoms with Crippen LogP contribution >= 0.6 is 0 Å². The Bertz CT molecular complexity index is 521. The van der Waals surface area contributed by atoms with Gasteiger partial charge in [0.25, 0.3) is 5.56 Å². The van der Waals surface area contributed by atoms with Gasteiger partial charge in [0.15, 0.2) is 0 Å². The van der Waals surface area contributed by atoms with Gasteiger partial charge in [0.1, 0.15) is 0 Å². The second kappa shape index (κ2) is 5.07. The number of aromatic nitrogens is 2. The van der Waals surface area contributed by atoms with Gasteiger partial charge in [-0.1, -0.05) is 6.92 Å². The van der Waals surface area contributed by atoms with Gasteiger partial charge >= 0.3 is 5.69 Å². The first-order valence-corrected chi connectivity index (χ1v) is 6.15. The van der Waals surface area contributed by atoms with Gasteiger partial charge in [-0.25, -0.2) is 4.79 Å². The summed E-state index contributed by atoms with van der Waals surface area (Å²) in [5, 5.41) is 19.2. The molecule has 6 nitrogen and oxygen atoms in total. The lowest BCUT2D eigenvalue weighted by Crippen LogP contribution is -2.43. The number of rotatable bonds is 2. The molecule has 0 aliphatic heterocycles. The molecule has 4 unspecified atom stereocenters. The zero-order valence-corrected chi connectivity index (χ0v) is 10.2. The van der Waals surface area contributed by atoms with Gasteiger partial charge < -0.3 is 10.2 Å². The maximum absolute atomic E-state index is 11.7. The van der Waals surface area contributed by atoms with Crippen molar-refractivity contribution in [3.63, 3.8) is 0 Å². The monoisotopic (exact) mass is 254 g/mol. The lowest BCUT2D eigenvalue weighted by molar-refractivity contribution is -0.0244. The normalized spacial score (nSPS) is 32.4. The van der Waals surface area contributed by atoms with Crippen LogP contribution in [0, 0.1) is 11.8 Å². The third-order valence-electron chi connectivity index (χ3n) is 3.90. The summed E-state index contributed by atoms with van der Waals surface area (Å²) in [6.45, 7) is 1.81. The molecule has 4 atom stereocenters. The molecule has 1 aliphatic rings. The number of aliphatic hydroxyl groups excluding tert-OH is 2. The first-order valence-electron chi connectivity index (χ1n) is 6.15. The summed E-state index contributed by atoms with van der Waals surface area (Å²) in [5.41, 5.74) is -0.873.